The first kappa shape index (κ1) is 14.7. The lowest BCUT2D eigenvalue weighted by Gasteiger charge is -2.32. The van der Waals surface area contributed by atoms with E-state index in [1.54, 1.807) is 19.4 Å². The van der Waals surface area contributed by atoms with Crippen LogP contribution in [0.4, 0.5) is 5.82 Å². The Hall–Kier alpha value is -1.66. The third-order valence-corrected chi connectivity index (χ3v) is 3.17. The number of amides is 1. The second-order valence-electron chi connectivity index (χ2n) is 4.78. The van der Waals surface area contributed by atoms with Gasteiger partial charge < -0.3 is 19.7 Å². The van der Waals surface area contributed by atoms with Crippen molar-refractivity contribution in [2.75, 3.05) is 44.9 Å². The Morgan fingerprint density at radius 1 is 1.60 bits per heavy atom. The largest absolute Gasteiger partial charge is 0.383 e. The van der Waals surface area contributed by atoms with Gasteiger partial charge in [0.25, 0.3) is 5.91 Å². The number of ether oxygens (including phenoxy) is 2. The Labute approximate surface area is 119 Å². The Balaban J connectivity index is 1.93. The van der Waals surface area contributed by atoms with Crippen LogP contribution in [-0.2, 0) is 9.47 Å². The molecule has 2 rings (SSSR count). The molecule has 1 aliphatic rings. The molecule has 0 aromatic carbocycles. The zero-order valence-corrected chi connectivity index (χ0v) is 12.0. The normalized spacial score (nSPS) is 18.9. The van der Waals surface area contributed by atoms with Crippen molar-refractivity contribution in [3.63, 3.8) is 0 Å². The van der Waals surface area contributed by atoms with Crippen molar-refractivity contribution in [1.82, 2.24) is 10.3 Å². The second-order valence-corrected chi connectivity index (χ2v) is 4.78. The molecule has 2 heterocycles. The van der Waals surface area contributed by atoms with E-state index in [0.29, 0.717) is 25.3 Å². The molecule has 1 aliphatic heterocycles. The third-order valence-electron chi connectivity index (χ3n) is 3.17. The van der Waals surface area contributed by atoms with Crippen molar-refractivity contribution in [1.29, 1.82) is 0 Å². The van der Waals surface area contributed by atoms with E-state index in [0.717, 1.165) is 18.9 Å². The maximum absolute atomic E-state index is 11.8. The summed E-state index contributed by atoms with van der Waals surface area (Å²) in [5.74, 6) is 0.755. The van der Waals surface area contributed by atoms with Crippen molar-refractivity contribution in [3.05, 3.63) is 23.9 Å². The Morgan fingerprint density at radius 2 is 2.45 bits per heavy atom. The molecule has 1 atom stereocenters. The second kappa shape index (κ2) is 7.21. The van der Waals surface area contributed by atoms with Crippen LogP contribution in [0, 0.1) is 0 Å². The average molecular weight is 279 g/mol. The predicted octanol–water partition coefficient (Wildman–Crippen LogP) is 0.683. The SMILES string of the molecule is COCCNC(=O)c1ccc(N2CCOC(C)C2)nc1. The fourth-order valence-corrected chi connectivity index (χ4v) is 2.10. The van der Waals surface area contributed by atoms with E-state index in [1.165, 1.54) is 0 Å². The number of nitrogens with zero attached hydrogens (tertiary/aromatic N) is 2. The maximum atomic E-state index is 11.8. The van der Waals surface area contributed by atoms with Crippen LogP contribution >= 0.6 is 0 Å². The number of anilines is 1. The topological polar surface area (TPSA) is 63.7 Å². The van der Waals surface area contributed by atoms with Crippen LogP contribution in [0.25, 0.3) is 0 Å². The van der Waals surface area contributed by atoms with E-state index in [2.05, 4.69) is 15.2 Å². The number of rotatable bonds is 5. The molecule has 1 saturated heterocycles. The number of pyridine rings is 1. The molecule has 110 valence electrons. The van der Waals surface area contributed by atoms with E-state index in [9.17, 15) is 4.79 Å². The highest BCUT2D eigenvalue weighted by Gasteiger charge is 2.18. The van der Waals surface area contributed by atoms with Gasteiger partial charge in [0.05, 0.1) is 24.9 Å². The molecule has 1 unspecified atom stereocenters. The quantitative estimate of drug-likeness (QED) is 0.803. The summed E-state index contributed by atoms with van der Waals surface area (Å²) in [5, 5.41) is 2.77. The first-order valence-electron chi connectivity index (χ1n) is 6.80. The van der Waals surface area contributed by atoms with Gasteiger partial charge in [-0.25, -0.2) is 4.98 Å². The number of hydrogen-bond donors (Lipinski definition) is 1. The molecule has 0 aliphatic carbocycles. The van der Waals surface area contributed by atoms with Crippen molar-refractivity contribution >= 4 is 11.7 Å². The lowest BCUT2D eigenvalue weighted by Crippen LogP contribution is -2.41. The minimum Gasteiger partial charge on any atom is -0.383 e. The van der Waals surface area contributed by atoms with Gasteiger partial charge in [-0.3, -0.25) is 4.79 Å². The van der Waals surface area contributed by atoms with Crippen LogP contribution < -0.4 is 10.2 Å². The van der Waals surface area contributed by atoms with Crippen LogP contribution in [0.2, 0.25) is 0 Å². The van der Waals surface area contributed by atoms with Crippen molar-refractivity contribution in [3.8, 4) is 0 Å². The van der Waals surface area contributed by atoms with E-state index in [1.807, 2.05) is 13.0 Å². The van der Waals surface area contributed by atoms with Crippen LogP contribution in [-0.4, -0.2) is 57.0 Å². The minimum atomic E-state index is -0.128. The summed E-state index contributed by atoms with van der Waals surface area (Å²) in [5.41, 5.74) is 0.561. The van der Waals surface area contributed by atoms with E-state index >= 15 is 0 Å². The number of carbonyl (C=O) groups is 1. The molecule has 1 aromatic rings. The molecule has 0 radical (unpaired) electrons. The standard InChI is InChI=1S/C14H21N3O3/c1-11-10-17(6-8-20-11)13-4-3-12(9-16-13)14(18)15-5-7-19-2/h3-4,9,11H,5-8,10H2,1-2H3,(H,15,18). The van der Waals surface area contributed by atoms with Crippen molar-refractivity contribution < 1.29 is 14.3 Å². The summed E-state index contributed by atoms with van der Waals surface area (Å²) in [6.45, 7) is 5.41. The van der Waals surface area contributed by atoms with Gasteiger partial charge in [0, 0.05) is 32.9 Å². The van der Waals surface area contributed by atoms with Gasteiger partial charge in [-0.05, 0) is 19.1 Å². The number of morpholine rings is 1. The number of hydrogen-bond acceptors (Lipinski definition) is 5. The van der Waals surface area contributed by atoms with Crippen LogP contribution in [0.5, 0.6) is 0 Å². The molecule has 6 nitrogen and oxygen atoms in total. The summed E-state index contributed by atoms with van der Waals surface area (Å²) in [7, 11) is 1.60. The molecule has 0 spiro atoms. The Morgan fingerprint density at radius 3 is 3.10 bits per heavy atom. The first-order valence-corrected chi connectivity index (χ1v) is 6.80. The van der Waals surface area contributed by atoms with Crippen molar-refractivity contribution in [2.24, 2.45) is 0 Å². The molecule has 0 saturated carbocycles. The summed E-state index contributed by atoms with van der Waals surface area (Å²) in [4.78, 5) is 18.4. The summed E-state index contributed by atoms with van der Waals surface area (Å²) in [6.07, 6.45) is 1.82. The zero-order chi connectivity index (χ0) is 14.4. The highest BCUT2D eigenvalue weighted by molar-refractivity contribution is 5.94. The summed E-state index contributed by atoms with van der Waals surface area (Å²) < 4.78 is 10.4. The molecule has 0 bridgehead atoms. The van der Waals surface area contributed by atoms with Gasteiger partial charge in [-0.15, -0.1) is 0 Å². The highest BCUT2D eigenvalue weighted by Crippen LogP contribution is 2.15. The van der Waals surface area contributed by atoms with Crippen LogP contribution in [0.1, 0.15) is 17.3 Å². The molecule has 1 aromatic heterocycles. The van der Waals surface area contributed by atoms with E-state index < -0.39 is 0 Å². The molecule has 1 fully saturated rings. The van der Waals surface area contributed by atoms with Gasteiger partial charge in [0.2, 0.25) is 0 Å². The Bertz CT molecular complexity index is 436. The average Bonchev–Trinajstić information content (AvgIpc) is 2.47. The summed E-state index contributed by atoms with van der Waals surface area (Å²) in [6, 6.07) is 3.67. The maximum Gasteiger partial charge on any atom is 0.252 e. The lowest BCUT2D eigenvalue weighted by atomic mass is 10.2. The third kappa shape index (κ3) is 3.91. The first-order chi connectivity index (χ1) is 9.70. The molecule has 20 heavy (non-hydrogen) atoms. The monoisotopic (exact) mass is 279 g/mol. The van der Waals surface area contributed by atoms with Gasteiger partial charge in [0.1, 0.15) is 5.82 Å². The predicted molar refractivity (Wildman–Crippen MR) is 76.1 cm³/mol. The number of aromatic nitrogens is 1. The summed E-state index contributed by atoms with van der Waals surface area (Å²) >= 11 is 0. The fraction of sp³-hybridized carbons (Fsp3) is 0.571. The van der Waals surface area contributed by atoms with Gasteiger partial charge in [0.15, 0.2) is 0 Å². The van der Waals surface area contributed by atoms with Crippen molar-refractivity contribution in [2.45, 2.75) is 13.0 Å². The van der Waals surface area contributed by atoms with Crippen LogP contribution in [0.15, 0.2) is 18.3 Å². The number of methoxy groups -OCH3 is 1. The molecular formula is C14H21N3O3. The number of carbonyl (C=O) groups excluding carboxylic acids is 1. The van der Waals surface area contributed by atoms with Gasteiger partial charge in [-0.1, -0.05) is 0 Å². The zero-order valence-electron chi connectivity index (χ0n) is 12.0. The Kier molecular flexibility index (Phi) is 5.31. The lowest BCUT2D eigenvalue weighted by molar-refractivity contribution is 0.0529. The van der Waals surface area contributed by atoms with E-state index in [-0.39, 0.29) is 12.0 Å². The van der Waals surface area contributed by atoms with Crippen LogP contribution in [0.3, 0.4) is 0 Å². The fourth-order valence-electron chi connectivity index (χ4n) is 2.10. The smallest absolute Gasteiger partial charge is 0.252 e. The van der Waals surface area contributed by atoms with Gasteiger partial charge >= 0.3 is 0 Å². The molecule has 1 N–H and O–H groups in total. The highest BCUT2D eigenvalue weighted by atomic mass is 16.5. The van der Waals surface area contributed by atoms with E-state index in [4.69, 9.17) is 9.47 Å². The molecule has 6 heteroatoms. The molecule has 1 amide bonds. The minimum absolute atomic E-state index is 0.128. The molecular weight excluding hydrogens is 258 g/mol. The number of nitrogens with one attached hydrogen (secondary N) is 1. The van der Waals surface area contributed by atoms with Gasteiger partial charge in [-0.2, -0.15) is 0 Å².